The average Bonchev–Trinajstić information content (AvgIpc) is 3.07. The van der Waals surface area contributed by atoms with Gasteiger partial charge in [-0.2, -0.15) is 0 Å². The van der Waals surface area contributed by atoms with Gasteiger partial charge in [0, 0.05) is 37.8 Å². The summed E-state index contributed by atoms with van der Waals surface area (Å²) >= 11 is 0. The van der Waals surface area contributed by atoms with Gasteiger partial charge in [-0.05, 0) is 35.4 Å². The molecule has 4 heteroatoms. The minimum atomic E-state index is 0.776. The molecule has 0 saturated carbocycles. The van der Waals surface area contributed by atoms with Crippen molar-refractivity contribution < 1.29 is 4.74 Å². The van der Waals surface area contributed by atoms with Gasteiger partial charge in [-0.25, -0.2) is 4.98 Å². The van der Waals surface area contributed by atoms with E-state index in [1.807, 2.05) is 12.3 Å². The van der Waals surface area contributed by atoms with Gasteiger partial charge in [0.25, 0.3) is 0 Å². The molecule has 2 aliphatic rings. The second-order valence-electron chi connectivity index (χ2n) is 5.81. The fourth-order valence-corrected chi connectivity index (χ4v) is 3.54. The first-order chi connectivity index (χ1) is 9.85. The number of ether oxygens (including phenoxy) is 1. The number of pyridine rings is 1. The summed E-state index contributed by atoms with van der Waals surface area (Å²) in [4.78, 5) is 7.08. The molecule has 4 nitrogen and oxygen atoms in total. The molecule has 1 aromatic heterocycles. The number of methoxy groups -OCH3 is 1. The highest BCUT2D eigenvalue weighted by molar-refractivity contribution is 5.93. The van der Waals surface area contributed by atoms with Crippen LogP contribution in [0.1, 0.15) is 0 Å². The van der Waals surface area contributed by atoms with E-state index in [0.717, 1.165) is 49.6 Å². The lowest BCUT2D eigenvalue weighted by Gasteiger charge is -2.20. The van der Waals surface area contributed by atoms with Gasteiger partial charge in [-0.1, -0.05) is 6.07 Å². The highest BCUT2D eigenvalue weighted by atomic mass is 16.5. The summed E-state index contributed by atoms with van der Waals surface area (Å²) < 4.78 is 5.36. The number of nitrogens with zero attached hydrogens (tertiary/aromatic N) is 2. The Morgan fingerprint density at radius 1 is 1.20 bits per heavy atom. The molecular weight excluding hydrogens is 250 g/mol. The van der Waals surface area contributed by atoms with E-state index in [4.69, 9.17) is 4.74 Å². The van der Waals surface area contributed by atoms with Crippen LogP contribution in [-0.2, 0) is 0 Å². The fraction of sp³-hybridized carbons (Fsp3) is 0.438. The third-order valence-corrected chi connectivity index (χ3v) is 4.64. The zero-order chi connectivity index (χ0) is 13.5. The molecule has 0 radical (unpaired) electrons. The number of anilines is 1. The molecule has 0 aliphatic carbocycles. The summed E-state index contributed by atoms with van der Waals surface area (Å²) in [6.45, 7) is 4.52. The molecule has 104 valence electrons. The number of rotatable bonds is 2. The molecule has 3 heterocycles. The molecular formula is C16H19N3O. The highest BCUT2D eigenvalue weighted by Crippen LogP contribution is 2.34. The van der Waals surface area contributed by atoms with E-state index in [2.05, 4.69) is 33.4 Å². The summed E-state index contributed by atoms with van der Waals surface area (Å²) in [5.74, 6) is 3.55. The number of hydrogen-bond acceptors (Lipinski definition) is 4. The third-order valence-electron chi connectivity index (χ3n) is 4.64. The molecule has 2 aromatic rings. The maximum atomic E-state index is 5.36. The van der Waals surface area contributed by atoms with Crippen molar-refractivity contribution in [2.45, 2.75) is 0 Å². The Labute approximate surface area is 118 Å². The Kier molecular flexibility index (Phi) is 2.77. The maximum Gasteiger partial charge on any atom is 0.136 e. The molecule has 0 bridgehead atoms. The van der Waals surface area contributed by atoms with E-state index >= 15 is 0 Å². The van der Waals surface area contributed by atoms with Crippen LogP contribution in [0, 0.1) is 11.8 Å². The van der Waals surface area contributed by atoms with Crippen molar-refractivity contribution in [3.8, 4) is 5.75 Å². The molecule has 1 aromatic carbocycles. The Morgan fingerprint density at radius 2 is 2.00 bits per heavy atom. The number of hydrogen-bond donors (Lipinski definition) is 1. The minimum Gasteiger partial charge on any atom is -0.497 e. The molecule has 2 aliphatic heterocycles. The molecule has 1 N–H and O–H groups in total. The largest absolute Gasteiger partial charge is 0.497 e. The summed E-state index contributed by atoms with van der Waals surface area (Å²) in [5.41, 5.74) is 0. The Morgan fingerprint density at radius 3 is 2.75 bits per heavy atom. The molecule has 2 atom stereocenters. The minimum absolute atomic E-state index is 0.776. The molecule has 4 rings (SSSR count). The van der Waals surface area contributed by atoms with Crippen molar-refractivity contribution in [2.24, 2.45) is 11.8 Å². The van der Waals surface area contributed by atoms with E-state index in [1.54, 1.807) is 7.11 Å². The zero-order valence-corrected chi connectivity index (χ0v) is 11.7. The summed E-state index contributed by atoms with van der Waals surface area (Å²) in [5, 5.41) is 5.91. The van der Waals surface area contributed by atoms with E-state index in [9.17, 15) is 0 Å². The van der Waals surface area contributed by atoms with Crippen molar-refractivity contribution in [3.63, 3.8) is 0 Å². The maximum absolute atomic E-state index is 5.36. The molecule has 0 spiro atoms. The first kappa shape index (κ1) is 12.0. The van der Waals surface area contributed by atoms with Crippen molar-refractivity contribution in [1.29, 1.82) is 0 Å². The van der Waals surface area contributed by atoms with E-state index in [1.165, 1.54) is 10.8 Å². The molecule has 20 heavy (non-hydrogen) atoms. The van der Waals surface area contributed by atoms with Crippen LogP contribution in [0.3, 0.4) is 0 Å². The summed E-state index contributed by atoms with van der Waals surface area (Å²) in [6.07, 6.45) is 1.91. The van der Waals surface area contributed by atoms with Gasteiger partial charge in [0.1, 0.15) is 11.6 Å². The number of benzene rings is 1. The van der Waals surface area contributed by atoms with Gasteiger partial charge < -0.3 is 15.0 Å². The average molecular weight is 269 g/mol. The topological polar surface area (TPSA) is 37.4 Å². The first-order valence-electron chi connectivity index (χ1n) is 7.23. The summed E-state index contributed by atoms with van der Waals surface area (Å²) in [6, 6.07) is 8.29. The Hall–Kier alpha value is -1.81. The van der Waals surface area contributed by atoms with Gasteiger partial charge >= 0.3 is 0 Å². The van der Waals surface area contributed by atoms with Gasteiger partial charge in [0.2, 0.25) is 0 Å². The Bertz CT molecular complexity index is 631. The molecule has 0 unspecified atom stereocenters. The van der Waals surface area contributed by atoms with Gasteiger partial charge in [-0.15, -0.1) is 0 Å². The van der Waals surface area contributed by atoms with Crippen LogP contribution >= 0.6 is 0 Å². The van der Waals surface area contributed by atoms with Crippen LogP contribution in [0.5, 0.6) is 5.75 Å². The van der Waals surface area contributed by atoms with Crippen molar-refractivity contribution in [1.82, 2.24) is 10.3 Å². The smallest absolute Gasteiger partial charge is 0.136 e. The van der Waals surface area contributed by atoms with Crippen LogP contribution in [0.15, 0.2) is 30.5 Å². The quantitative estimate of drug-likeness (QED) is 0.903. The molecule has 2 saturated heterocycles. The van der Waals surface area contributed by atoms with Crippen molar-refractivity contribution >= 4 is 16.6 Å². The zero-order valence-electron chi connectivity index (χ0n) is 11.7. The lowest BCUT2D eigenvalue weighted by Crippen LogP contribution is -2.26. The first-order valence-corrected chi connectivity index (χ1v) is 7.23. The van der Waals surface area contributed by atoms with Crippen LogP contribution in [-0.4, -0.2) is 38.3 Å². The number of aromatic nitrogens is 1. The predicted octanol–water partition coefficient (Wildman–Crippen LogP) is 1.90. The van der Waals surface area contributed by atoms with E-state index < -0.39 is 0 Å². The van der Waals surface area contributed by atoms with E-state index in [0.29, 0.717) is 0 Å². The van der Waals surface area contributed by atoms with E-state index in [-0.39, 0.29) is 0 Å². The standard InChI is InChI=1S/C16H19N3O/c1-20-14-3-2-11-4-5-18-16(15(11)6-14)19-9-12-7-17-8-13(12)10-19/h2-6,12-13,17H,7-10H2,1H3/t12-,13+. The van der Waals surface area contributed by atoms with Crippen LogP contribution in [0.2, 0.25) is 0 Å². The summed E-state index contributed by atoms with van der Waals surface area (Å²) in [7, 11) is 1.71. The normalized spacial score (nSPS) is 25.1. The van der Waals surface area contributed by atoms with Crippen molar-refractivity contribution in [2.75, 3.05) is 38.2 Å². The number of fused-ring (bicyclic) bond motifs is 2. The number of nitrogens with one attached hydrogen (secondary N) is 1. The van der Waals surface area contributed by atoms with Crippen LogP contribution in [0.4, 0.5) is 5.82 Å². The van der Waals surface area contributed by atoms with Gasteiger partial charge in [-0.3, -0.25) is 0 Å². The lowest BCUT2D eigenvalue weighted by atomic mass is 10.0. The molecule has 2 fully saturated rings. The monoisotopic (exact) mass is 269 g/mol. The SMILES string of the molecule is COc1ccc2ccnc(N3C[C@H]4CNC[C@H]4C3)c2c1. The fourth-order valence-electron chi connectivity index (χ4n) is 3.54. The van der Waals surface area contributed by atoms with Crippen LogP contribution < -0.4 is 15.0 Å². The molecule has 0 amide bonds. The van der Waals surface area contributed by atoms with Gasteiger partial charge in [0.15, 0.2) is 0 Å². The van der Waals surface area contributed by atoms with Gasteiger partial charge in [0.05, 0.1) is 7.11 Å². The lowest BCUT2D eigenvalue weighted by molar-refractivity contribution is 0.415. The predicted molar refractivity (Wildman–Crippen MR) is 80.4 cm³/mol. The third kappa shape index (κ3) is 1.83. The van der Waals surface area contributed by atoms with Crippen molar-refractivity contribution in [3.05, 3.63) is 30.5 Å². The Balaban J connectivity index is 1.75. The van der Waals surface area contributed by atoms with Crippen LogP contribution in [0.25, 0.3) is 10.8 Å². The second-order valence-corrected chi connectivity index (χ2v) is 5.81. The highest BCUT2D eigenvalue weighted by Gasteiger charge is 2.36. The second kappa shape index (κ2) is 4.63.